The van der Waals surface area contributed by atoms with Crippen molar-refractivity contribution in [3.8, 4) is 0 Å². The quantitative estimate of drug-likeness (QED) is 0.664. The lowest BCUT2D eigenvalue weighted by atomic mass is 10.2. The molecule has 0 aromatic heterocycles. The van der Waals surface area contributed by atoms with E-state index in [4.69, 9.17) is 5.11 Å². The van der Waals surface area contributed by atoms with Gasteiger partial charge in [0.1, 0.15) is 5.75 Å². The summed E-state index contributed by atoms with van der Waals surface area (Å²) >= 11 is 0. The Bertz CT molecular complexity index is 316. The standard InChI is InChI=1S/C8H15NO4S/c1-6(2)14(12,13)5-8(11)9-3-7(10)4-9/h6-7,10H,3-5H2,1-2H3. The first kappa shape index (κ1) is 11.5. The molecule has 0 saturated carbocycles. The van der Waals surface area contributed by atoms with E-state index >= 15 is 0 Å². The molecule has 1 heterocycles. The maximum absolute atomic E-state index is 11.4. The summed E-state index contributed by atoms with van der Waals surface area (Å²) in [6.07, 6.45) is -0.485. The summed E-state index contributed by atoms with van der Waals surface area (Å²) in [7, 11) is -3.31. The van der Waals surface area contributed by atoms with Crippen LogP contribution in [0.15, 0.2) is 0 Å². The Labute approximate surface area is 83.6 Å². The second-order valence-electron chi connectivity index (χ2n) is 3.81. The minimum Gasteiger partial charge on any atom is -0.389 e. The molecular weight excluding hydrogens is 206 g/mol. The van der Waals surface area contributed by atoms with E-state index in [1.165, 1.54) is 4.90 Å². The van der Waals surface area contributed by atoms with E-state index in [2.05, 4.69) is 0 Å². The highest BCUT2D eigenvalue weighted by Gasteiger charge is 2.32. The van der Waals surface area contributed by atoms with Crippen molar-refractivity contribution in [2.24, 2.45) is 0 Å². The fourth-order valence-electron chi connectivity index (χ4n) is 1.09. The van der Waals surface area contributed by atoms with Gasteiger partial charge in [-0.25, -0.2) is 8.42 Å². The molecule has 0 radical (unpaired) electrons. The molecule has 1 aliphatic heterocycles. The van der Waals surface area contributed by atoms with Crippen LogP contribution < -0.4 is 0 Å². The van der Waals surface area contributed by atoms with Gasteiger partial charge < -0.3 is 10.0 Å². The van der Waals surface area contributed by atoms with Crippen LogP contribution in [0.5, 0.6) is 0 Å². The number of nitrogens with zero attached hydrogens (tertiary/aromatic N) is 1. The van der Waals surface area contributed by atoms with Crippen molar-refractivity contribution in [3.63, 3.8) is 0 Å². The van der Waals surface area contributed by atoms with E-state index in [9.17, 15) is 13.2 Å². The number of hydrogen-bond acceptors (Lipinski definition) is 4. The van der Waals surface area contributed by atoms with Gasteiger partial charge in [0.15, 0.2) is 9.84 Å². The fraction of sp³-hybridized carbons (Fsp3) is 0.875. The zero-order valence-electron chi connectivity index (χ0n) is 8.30. The Morgan fingerprint density at radius 1 is 1.50 bits per heavy atom. The monoisotopic (exact) mass is 221 g/mol. The van der Waals surface area contributed by atoms with E-state index in [0.29, 0.717) is 0 Å². The number of aliphatic hydroxyl groups is 1. The molecular formula is C8H15NO4S. The van der Waals surface area contributed by atoms with Crippen LogP contribution in [-0.4, -0.2) is 54.5 Å². The summed E-state index contributed by atoms with van der Waals surface area (Å²) < 4.78 is 22.7. The van der Waals surface area contributed by atoms with Crippen LogP contribution in [0, 0.1) is 0 Å². The molecule has 1 fully saturated rings. The van der Waals surface area contributed by atoms with Crippen molar-refractivity contribution in [1.29, 1.82) is 0 Å². The number of likely N-dealkylation sites (tertiary alicyclic amines) is 1. The number of β-amino-alcohol motifs (C(OH)–C–C–N with tert-alkyl or cyclic N) is 1. The van der Waals surface area contributed by atoms with Crippen LogP contribution in [0.1, 0.15) is 13.8 Å². The molecule has 0 aromatic rings. The Morgan fingerprint density at radius 3 is 2.36 bits per heavy atom. The third-order valence-electron chi connectivity index (χ3n) is 2.26. The molecule has 1 saturated heterocycles. The van der Waals surface area contributed by atoms with Gasteiger partial charge in [0.25, 0.3) is 0 Å². The van der Waals surface area contributed by atoms with E-state index in [1.807, 2.05) is 0 Å². The topological polar surface area (TPSA) is 74.7 Å². The van der Waals surface area contributed by atoms with Crippen molar-refractivity contribution >= 4 is 15.7 Å². The molecule has 1 rings (SSSR count). The van der Waals surface area contributed by atoms with E-state index in [1.54, 1.807) is 13.8 Å². The molecule has 1 aliphatic rings. The van der Waals surface area contributed by atoms with Crippen molar-refractivity contribution in [2.75, 3.05) is 18.8 Å². The van der Waals surface area contributed by atoms with Gasteiger partial charge in [0.05, 0.1) is 11.4 Å². The minimum absolute atomic E-state index is 0.256. The Kier molecular flexibility index (Phi) is 3.16. The van der Waals surface area contributed by atoms with E-state index in [-0.39, 0.29) is 13.1 Å². The third-order valence-corrected chi connectivity index (χ3v) is 4.34. The highest BCUT2D eigenvalue weighted by atomic mass is 32.2. The number of carbonyl (C=O) groups excluding carboxylic acids is 1. The Hall–Kier alpha value is -0.620. The van der Waals surface area contributed by atoms with Gasteiger partial charge >= 0.3 is 0 Å². The van der Waals surface area contributed by atoms with Crippen molar-refractivity contribution in [1.82, 2.24) is 4.90 Å². The lowest BCUT2D eigenvalue weighted by molar-refractivity contribution is -0.138. The maximum atomic E-state index is 11.4. The van der Waals surface area contributed by atoms with Crippen LogP contribution in [-0.2, 0) is 14.6 Å². The molecule has 0 atom stereocenters. The summed E-state index contributed by atoms with van der Waals surface area (Å²) in [6, 6.07) is 0. The molecule has 0 spiro atoms. The molecule has 5 nitrogen and oxygen atoms in total. The number of carbonyl (C=O) groups is 1. The highest BCUT2D eigenvalue weighted by Crippen LogP contribution is 2.10. The summed E-state index contributed by atoms with van der Waals surface area (Å²) in [5.41, 5.74) is 0. The van der Waals surface area contributed by atoms with Gasteiger partial charge in [-0.05, 0) is 13.8 Å². The smallest absolute Gasteiger partial charge is 0.237 e. The zero-order chi connectivity index (χ0) is 10.9. The predicted octanol–water partition coefficient (Wildman–Crippen LogP) is -0.987. The number of aliphatic hydroxyl groups excluding tert-OH is 1. The van der Waals surface area contributed by atoms with Crippen molar-refractivity contribution in [2.45, 2.75) is 25.2 Å². The van der Waals surface area contributed by atoms with Crippen molar-refractivity contribution in [3.05, 3.63) is 0 Å². The first-order valence-electron chi connectivity index (χ1n) is 4.50. The van der Waals surface area contributed by atoms with Crippen LogP contribution >= 0.6 is 0 Å². The molecule has 0 bridgehead atoms. The van der Waals surface area contributed by atoms with E-state index in [0.717, 1.165) is 0 Å². The van der Waals surface area contributed by atoms with Crippen LogP contribution in [0.4, 0.5) is 0 Å². The zero-order valence-corrected chi connectivity index (χ0v) is 9.12. The minimum atomic E-state index is -3.31. The largest absolute Gasteiger partial charge is 0.389 e. The van der Waals surface area contributed by atoms with Crippen molar-refractivity contribution < 1.29 is 18.3 Å². The fourth-order valence-corrected chi connectivity index (χ4v) is 1.95. The summed E-state index contributed by atoms with van der Waals surface area (Å²) in [5.74, 6) is -0.860. The number of rotatable bonds is 3. The number of amides is 1. The normalized spacial score (nSPS) is 18.4. The van der Waals surface area contributed by atoms with Gasteiger partial charge in [-0.1, -0.05) is 0 Å². The highest BCUT2D eigenvalue weighted by molar-refractivity contribution is 7.92. The molecule has 0 unspecified atom stereocenters. The lowest BCUT2D eigenvalue weighted by Crippen LogP contribution is -2.55. The predicted molar refractivity (Wildman–Crippen MR) is 51.5 cm³/mol. The molecule has 1 amide bonds. The second-order valence-corrected chi connectivity index (χ2v) is 6.37. The van der Waals surface area contributed by atoms with Gasteiger partial charge in [-0.2, -0.15) is 0 Å². The van der Waals surface area contributed by atoms with Crippen LogP contribution in [0.3, 0.4) is 0 Å². The maximum Gasteiger partial charge on any atom is 0.237 e. The van der Waals surface area contributed by atoms with Gasteiger partial charge in [0.2, 0.25) is 5.91 Å². The SMILES string of the molecule is CC(C)S(=O)(=O)CC(=O)N1CC(O)C1. The van der Waals surface area contributed by atoms with Gasteiger partial charge in [-0.3, -0.25) is 4.79 Å². The van der Waals surface area contributed by atoms with E-state index < -0.39 is 32.9 Å². The lowest BCUT2D eigenvalue weighted by Gasteiger charge is -2.35. The summed E-state index contributed by atoms with van der Waals surface area (Å²) in [5, 5.41) is 8.40. The Balaban J connectivity index is 2.49. The summed E-state index contributed by atoms with van der Waals surface area (Å²) in [6.45, 7) is 3.61. The average Bonchev–Trinajstić information content (AvgIpc) is 1.97. The molecule has 1 N–H and O–H groups in total. The number of sulfone groups is 1. The summed E-state index contributed by atoms with van der Waals surface area (Å²) in [4.78, 5) is 12.7. The van der Waals surface area contributed by atoms with Crippen LogP contribution in [0.2, 0.25) is 0 Å². The van der Waals surface area contributed by atoms with Crippen LogP contribution in [0.25, 0.3) is 0 Å². The molecule has 82 valence electrons. The molecule has 0 aliphatic carbocycles. The number of hydrogen-bond donors (Lipinski definition) is 1. The third kappa shape index (κ3) is 2.45. The van der Waals surface area contributed by atoms with Gasteiger partial charge in [0, 0.05) is 13.1 Å². The molecule has 6 heteroatoms. The second kappa shape index (κ2) is 3.86. The first-order valence-corrected chi connectivity index (χ1v) is 6.22. The first-order chi connectivity index (χ1) is 6.33. The Morgan fingerprint density at radius 2 is 2.00 bits per heavy atom. The average molecular weight is 221 g/mol. The van der Waals surface area contributed by atoms with Gasteiger partial charge in [-0.15, -0.1) is 0 Å². The molecule has 0 aromatic carbocycles. The molecule has 14 heavy (non-hydrogen) atoms.